The fourth-order valence-electron chi connectivity index (χ4n) is 3.66. The van der Waals surface area contributed by atoms with Crippen molar-refractivity contribution in [1.82, 2.24) is 15.5 Å². The van der Waals surface area contributed by atoms with Gasteiger partial charge in [-0.2, -0.15) is 0 Å². The highest BCUT2D eigenvalue weighted by molar-refractivity contribution is 5.92. The van der Waals surface area contributed by atoms with Crippen LogP contribution in [0.15, 0.2) is 48.5 Å². The summed E-state index contributed by atoms with van der Waals surface area (Å²) in [5.41, 5.74) is 2.61. The Kier molecular flexibility index (Phi) is 9.83. The quantitative estimate of drug-likeness (QED) is 0.507. The zero-order valence-corrected chi connectivity index (χ0v) is 21.4. The molecular weight excluding hydrogens is 446 g/mol. The van der Waals surface area contributed by atoms with Gasteiger partial charge in [0.15, 0.2) is 0 Å². The summed E-state index contributed by atoms with van der Waals surface area (Å²) < 4.78 is 5.26. The number of aliphatic hydroxyl groups is 1. The van der Waals surface area contributed by atoms with Crippen LogP contribution in [0.4, 0.5) is 4.79 Å². The number of aryl methyl sites for hydroxylation is 2. The van der Waals surface area contributed by atoms with Crippen molar-refractivity contribution in [2.24, 2.45) is 0 Å². The summed E-state index contributed by atoms with van der Waals surface area (Å²) in [6.07, 6.45) is -0.737. The molecule has 0 fully saturated rings. The van der Waals surface area contributed by atoms with E-state index in [4.69, 9.17) is 4.74 Å². The third-order valence-electron chi connectivity index (χ3n) is 5.33. The van der Waals surface area contributed by atoms with Crippen molar-refractivity contribution < 1.29 is 24.2 Å². The Morgan fingerprint density at radius 1 is 1.06 bits per heavy atom. The molecule has 2 unspecified atom stereocenters. The summed E-state index contributed by atoms with van der Waals surface area (Å²) in [4.78, 5) is 40.6. The van der Waals surface area contributed by atoms with E-state index in [1.54, 1.807) is 20.8 Å². The van der Waals surface area contributed by atoms with Gasteiger partial charge in [0.2, 0.25) is 11.8 Å². The predicted molar refractivity (Wildman–Crippen MR) is 135 cm³/mol. The molecule has 2 rings (SSSR count). The average Bonchev–Trinajstić information content (AvgIpc) is 2.78. The number of ether oxygens (including phenoxy) is 1. The van der Waals surface area contributed by atoms with Crippen LogP contribution in [0.5, 0.6) is 0 Å². The molecule has 8 heteroatoms. The van der Waals surface area contributed by atoms with Crippen molar-refractivity contribution in [3.63, 3.8) is 0 Å². The second-order valence-electron chi connectivity index (χ2n) is 9.59. The van der Waals surface area contributed by atoms with Gasteiger partial charge in [-0.1, -0.05) is 54.1 Å². The Morgan fingerprint density at radius 3 is 2.31 bits per heavy atom. The van der Waals surface area contributed by atoms with Gasteiger partial charge in [0, 0.05) is 13.1 Å². The van der Waals surface area contributed by atoms with E-state index in [2.05, 4.69) is 10.6 Å². The Morgan fingerprint density at radius 2 is 1.71 bits per heavy atom. The van der Waals surface area contributed by atoms with Gasteiger partial charge >= 0.3 is 6.09 Å². The van der Waals surface area contributed by atoms with Crippen molar-refractivity contribution in [3.05, 3.63) is 70.8 Å². The molecule has 0 aromatic heterocycles. The third-order valence-corrected chi connectivity index (χ3v) is 5.33. The van der Waals surface area contributed by atoms with E-state index >= 15 is 0 Å². The average molecular weight is 484 g/mol. The van der Waals surface area contributed by atoms with E-state index in [1.807, 2.05) is 62.4 Å². The van der Waals surface area contributed by atoms with Gasteiger partial charge in [-0.05, 0) is 58.2 Å². The number of alkyl carbamates (subject to hydrolysis) is 1. The number of nitrogens with zero attached hydrogens (tertiary/aromatic N) is 1. The molecule has 0 bridgehead atoms. The van der Waals surface area contributed by atoms with Gasteiger partial charge in [-0.15, -0.1) is 0 Å². The second-order valence-corrected chi connectivity index (χ2v) is 9.59. The molecule has 35 heavy (non-hydrogen) atoms. The van der Waals surface area contributed by atoms with E-state index in [0.29, 0.717) is 5.56 Å². The first-order chi connectivity index (χ1) is 16.4. The lowest BCUT2D eigenvalue weighted by atomic mass is 9.96. The van der Waals surface area contributed by atoms with Gasteiger partial charge in [0.05, 0.1) is 6.61 Å². The van der Waals surface area contributed by atoms with Crippen molar-refractivity contribution in [2.75, 3.05) is 13.2 Å². The zero-order valence-electron chi connectivity index (χ0n) is 21.4. The van der Waals surface area contributed by atoms with Gasteiger partial charge in [0.1, 0.15) is 17.7 Å². The first-order valence-corrected chi connectivity index (χ1v) is 11.7. The molecule has 2 aromatic rings. The SMILES string of the molecule is Cc1ccc(C)c(C(C(=O)NCc2ccccc2)N(CCO)C(=O)C(C)NC(=O)OC(C)(C)C)c1. The lowest BCUT2D eigenvalue weighted by Crippen LogP contribution is -2.52. The van der Waals surface area contributed by atoms with Crippen LogP contribution in [0.2, 0.25) is 0 Å². The summed E-state index contributed by atoms with van der Waals surface area (Å²) in [5.74, 6) is -0.889. The molecule has 3 N–H and O–H groups in total. The third kappa shape index (κ3) is 8.40. The first kappa shape index (κ1) is 27.9. The van der Waals surface area contributed by atoms with Crippen LogP contribution in [0.3, 0.4) is 0 Å². The maximum Gasteiger partial charge on any atom is 0.408 e. The van der Waals surface area contributed by atoms with Crippen molar-refractivity contribution >= 4 is 17.9 Å². The molecule has 3 amide bonds. The molecule has 190 valence electrons. The molecule has 8 nitrogen and oxygen atoms in total. The van der Waals surface area contributed by atoms with E-state index in [-0.39, 0.29) is 25.6 Å². The maximum absolute atomic E-state index is 13.5. The molecule has 0 aliphatic rings. The highest BCUT2D eigenvalue weighted by Crippen LogP contribution is 2.26. The van der Waals surface area contributed by atoms with Gasteiger partial charge in [-0.25, -0.2) is 4.79 Å². The number of carbonyl (C=O) groups is 3. The van der Waals surface area contributed by atoms with Crippen LogP contribution in [-0.2, 0) is 20.9 Å². The molecule has 2 atom stereocenters. The van der Waals surface area contributed by atoms with Crippen molar-refractivity contribution in [3.8, 4) is 0 Å². The minimum absolute atomic E-state index is 0.0873. The fourth-order valence-corrected chi connectivity index (χ4v) is 3.66. The summed E-state index contributed by atoms with van der Waals surface area (Å²) in [6, 6.07) is 13.2. The van der Waals surface area contributed by atoms with Gasteiger partial charge < -0.3 is 25.4 Å². The summed E-state index contributed by atoms with van der Waals surface area (Å²) in [5, 5.41) is 15.2. The Hall–Kier alpha value is -3.39. The predicted octanol–water partition coefficient (Wildman–Crippen LogP) is 3.40. The Labute approximate surface area is 207 Å². The number of rotatable bonds is 9. The van der Waals surface area contributed by atoms with Crippen LogP contribution < -0.4 is 10.6 Å². The van der Waals surface area contributed by atoms with Gasteiger partial charge in [0.25, 0.3) is 0 Å². The van der Waals surface area contributed by atoms with E-state index < -0.39 is 29.7 Å². The lowest BCUT2D eigenvalue weighted by Gasteiger charge is -2.34. The molecule has 2 aromatic carbocycles. The molecule has 0 heterocycles. The molecular formula is C27H37N3O5. The zero-order chi connectivity index (χ0) is 26.2. The molecule has 0 saturated carbocycles. The number of amides is 3. The van der Waals surface area contributed by atoms with Gasteiger partial charge in [-0.3, -0.25) is 9.59 Å². The topological polar surface area (TPSA) is 108 Å². The Bertz CT molecular complexity index is 1020. The van der Waals surface area contributed by atoms with E-state index in [9.17, 15) is 19.5 Å². The van der Waals surface area contributed by atoms with Crippen LogP contribution in [0.1, 0.15) is 56.0 Å². The first-order valence-electron chi connectivity index (χ1n) is 11.7. The molecule has 0 radical (unpaired) electrons. The molecule has 0 saturated heterocycles. The number of benzene rings is 2. The van der Waals surface area contributed by atoms with Crippen LogP contribution in [0.25, 0.3) is 0 Å². The van der Waals surface area contributed by atoms with E-state index in [0.717, 1.165) is 16.7 Å². The lowest BCUT2D eigenvalue weighted by molar-refractivity contribution is -0.142. The van der Waals surface area contributed by atoms with Crippen molar-refractivity contribution in [2.45, 2.75) is 65.8 Å². The minimum Gasteiger partial charge on any atom is -0.444 e. The number of nitrogens with one attached hydrogen (secondary N) is 2. The monoisotopic (exact) mass is 483 g/mol. The number of carbonyl (C=O) groups excluding carboxylic acids is 3. The standard InChI is InChI=1S/C27H37N3O5/c1-18-12-13-19(2)22(16-18)23(24(32)28-17-21-10-8-7-9-11-21)30(14-15-31)25(33)20(3)29-26(34)35-27(4,5)6/h7-13,16,20,23,31H,14-15,17H2,1-6H3,(H,28,32)(H,29,34). The van der Waals surface area contributed by atoms with Crippen LogP contribution >= 0.6 is 0 Å². The summed E-state index contributed by atoms with van der Waals surface area (Å²) in [6.45, 7) is 10.3. The maximum atomic E-state index is 13.5. The molecule has 0 aliphatic heterocycles. The largest absolute Gasteiger partial charge is 0.444 e. The Balaban J connectivity index is 2.37. The second kappa shape index (κ2) is 12.4. The highest BCUT2D eigenvalue weighted by atomic mass is 16.6. The van der Waals surface area contributed by atoms with E-state index in [1.165, 1.54) is 11.8 Å². The fraction of sp³-hybridized carbons (Fsp3) is 0.444. The smallest absolute Gasteiger partial charge is 0.408 e. The molecule has 0 aliphatic carbocycles. The normalized spacial score (nSPS) is 12.9. The van der Waals surface area contributed by atoms with Crippen molar-refractivity contribution in [1.29, 1.82) is 0 Å². The number of hydrogen-bond donors (Lipinski definition) is 3. The highest BCUT2D eigenvalue weighted by Gasteiger charge is 2.35. The van der Waals surface area contributed by atoms with Crippen LogP contribution in [0, 0.1) is 13.8 Å². The summed E-state index contributed by atoms with van der Waals surface area (Å²) >= 11 is 0. The number of hydrogen-bond acceptors (Lipinski definition) is 5. The minimum atomic E-state index is -0.999. The van der Waals surface area contributed by atoms with Crippen LogP contribution in [-0.4, -0.2) is 52.7 Å². The summed E-state index contributed by atoms with van der Waals surface area (Å²) in [7, 11) is 0. The number of aliphatic hydroxyl groups excluding tert-OH is 1. The molecule has 0 spiro atoms.